The molecule has 0 spiro atoms. The number of benzene rings is 1. The maximum atomic E-state index is 3.46. The van der Waals surface area contributed by atoms with Crippen LogP contribution in [0.4, 0.5) is 0 Å². The van der Waals surface area contributed by atoms with Gasteiger partial charge in [-0.1, -0.05) is 18.2 Å². The molecule has 13 heavy (non-hydrogen) atoms. The number of hydrogen-bond donors (Lipinski definition) is 1. The minimum absolute atomic E-state index is 0.646. The zero-order valence-corrected chi connectivity index (χ0v) is 8.62. The number of rotatable bonds is 1. The standard InChI is InChI=1S/C10H9NS2/c1-2-4-8-7(3-1)5-9(11-8)10-12-6-13-10/h1-5,10-11H,6H2. The highest BCUT2D eigenvalue weighted by Crippen LogP contribution is 2.51. The summed E-state index contributed by atoms with van der Waals surface area (Å²) in [4.78, 5) is 3.46. The molecule has 0 atom stereocenters. The van der Waals surface area contributed by atoms with Crippen LogP contribution in [-0.2, 0) is 0 Å². The summed E-state index contributed by atoms with van der Waals surface area (Å²) >= 11 is 4.01. The van der Waals surface area contributed by atoms with E-state index in [1.165, 1.54) is 21.7 Å². The predicted molar refractivity (Wildman–Crippen MR) is 61.1 cm³/mol. The lowest BCUT2D eigenvalue weighted by Crippen LogP contribution is -1.98. The summed E-state index contributed by atoms with van der Waals surface area (Å²) in [6.07, 6.45) is 0. The molecule has 1 nitrogen and oxygen atoms in total. The molecule has 1 saturated heterocycles. The van der Waals surface area contributed by atoms with Crippen molar-refractivity contribution in [3.63, 3.8) is 0 Å². The van der Waals surface area contributed by atoms with Crippen LogP contribution < -0.4 is 0 Å². The maximum absolute atomic E-state index is 3.46. The highest BCUT2D eigenvalue weighted by atomic mass is 32.3. The zero-order chi connectivity index (χ0) is 8.67. The fraction of sp³-hybridized carbons (Fsp3) is 0.200. The summed E-state index contributed by atoms with van der Waals surface area (Å²) in [7, 11) is 0. The number of H-pyrrole nitrogens is 1. The molecule has 2 heterocycles. The van der Waals surface area contributed by atoms with Gasteiger partial charge in [-0.25, -0.2) is 0 Å². The van der Waals surface area contributed by atoms with Crippen LogP contribution in [0.25, 0.3) is 10.9 Å². The molecule has 2 aromatic rings. The Morgan fingerprint density at radius 2 is 2.08 bits per heavy atom. The second-order valence-electron chi connectivity index (χ2n) is 3.10. The number of thioether (sulfide) groups is 2. The van der Waals surface area contributed by atoms with E-state index < -0.39 is 0 Å². The fourth-order valence-electron chi connectivity index (χ4n) is 1.54. The Kier molecular flexibility index (Phi) is 1.80. The Bertz CT molecular complexity index is 398. The van der Waals surface area contributed by atoms with Crippen molar-refractivity contribution in [3.05, 3.63) is 36.0 Å². The molecular formula is C10H9NS2. The Morgan fingerprint density at radius 3 is 2.77 bits per heavy atom. The number of aromatic amines is 1. The maximum Gasteiger partial charge on any atom is 0.0916 e. The van der Waals surface area contributed by atoms with Crippen molar-refractivity contribution < 1.29 is 0 Å². The van der Waals surface area contributed by atoms with Crippen LogP contribution in [0.15, 0.2) is 30.3 Å². The molecule has 0 radical (unpaired) electrons. The highest BCUT2D eigenvalue weighted by molar-refractivity contribution is 8.31. The van der Waals surface area contributed by atoms with Crippen LogP contribution in [0.1, 0.15) is 10.3 Å². The third-order valence-corrected chi connectivity index (χ3v) is 5.26. The molecule has 0 aliphatic carbocycles. The SMILES string of the molecule is c1ccc2[nH]c(C3SCS3)cc2c1. The van der Waals surface area contributed by atoms with Gasteiger partial charge in [0.15, 0.2) is 0 Å². The first kappa shape index (κ1) is 7.83. The van der Waals surface area contributed by atoms with Crippen molar-refractivity contribution in [1.29, 1.82) is 0 Å². The summed E-state index contributed by atoms with van der Waals surface area (Å²) < 4.78 is 0.646. The van der Waals surface area contributed by atoms with Crippen molar-refractivity contribution >= 4 is 34.4 Å². The zero-order valence-electron chi connectivity index (χ0n) is 6.99. The van der Waals surface area contributed by atoms with Crippen molar-refractivity contribution in [3.8, 4) is 0 Å². The van der Waals surface area contributed by atoms with E-state index in [4.69, 9.17) is 0 Å². The molecular weight excluding hydrogens is 198 g/mol. The van der Waals surface area contributed by atoms with Gasteiger partial charge in [0.1, 0.15) is 0 Å². The monoisotopic (exact) mass is 207 g/mol. The molecule has 1 aliphatic rings. The minimum atomic E-state index is 0.646. The van der Waals surface area contributed by atoms with Gasteiger partial charge in [-0.3, -0.25) is 0 Å². The second-order valence-corrected chi connectivity index (χ2v) is 5.95. The second kappa shape index (κ2) is 3.00. The van der Waals surface area contributed by atoms with E-state index in [-0.39, 0.29) is 0 Å². The summed E-state index contributed by atoms with van der Waals surface area (Å²) in [6, 6.07) is 10.7. The topological polar surface area (TPSA) is 15.8 Å². The summed E-state index contributed by atoms with van der Waals surface area (Å²) in [5.41, 5.74) is 2.62. The molecule has 1 N–H and O–H groups in total. The van der Waals surface area contributed by atoms with Gasteiger partial charge in [0.25, 0.3) is 0 Å². The highest BCUT2D eigenvalue weighted by Gasteiger charge is 2.22. The molecule has 3 heteroatoms. The van der Waals surface area contributed by atoms with Gasteiger partial charge in [0, 0.05) is 16.3 Å². The first-order valence-electron chi connectivity index (χ1n) is 4.24. The molecule has 0 unspecified atom stereocenters. The van der Waals surface area contributed by atoms with Crippen molar-refractivity contribution in [2.75, 3.05) is 5.08 Å². The largest absolute Gasteiger partial charge is 0.357 e. The first-order chi connectivity index (χ1) is 6.43. The predicted octanol–water partition coefficient (Wildman–Crippen LogP) is 3.60. The van der Waals surface area contributed by atoms with Crippen LogP contribution in [-0.4, -0.2) is 10.1 Å². The lowest BCUT2D eigenvalue weighted by atomic mass is 10.2. The van der Waals surface area contributed by atoms with Gasteiger partial charge in [0.2, 0.25) is 0 Å². The van der Waals surface area contributed by atoms with Crippen LogP contribution >= 0.6 is 23.5 Å². The van der Waals surface area contributed by atoms with E-state index in [1.807, 2.05) is 23.5 Å². The Labute approximate surface area is 85.3 Å². The van der Waals surface area contributed by atoms with Gasteiger partial charge in [-0.05, 0) is 17.5 Å². The summed E-state index contributed by atoms with van der Waals surface area (Å²) in [5.74, 6) is 0. The number of aromatic nitrogens is 1. The van der Waals surface area contributed by atoms with Gasteiger partial charge in [0.05, 0.1) is 4.58 Å². The summed E-state index contributed by atoms with van der Waals surface area (Å²) in [5, 5.41) is 2.56. The van der Waals surface area contributed by atoms with Crippen molar-refractivity contribution in [2.45, 2.75) is 4.58 Å². The van der Waals surface area contributed by atoms with E-state index in [1.54, 1.807) is 0 Å². The third-order valence-electron chi connectivity index (χ3n) is 2.24. The van der Waals surface area contributed by atoms with E-state index in [0.717, 1.165) is 0 Å². The van der Waals surface area contributed by atoms with Gasteiger partial charge < -0.3 is 4.98 Å². The van der Waals surface area contributed by atoms with Gasteiger partial charge in [-0.2, -0.15) is 0 Å². The van der Waals surface area contributed by atoms with E-state index in [0.29, 0.717) is 4.58 Å². The number of para-hydroxylation sites is 1. The Hall–Kier alpha value is -0.540. The van der Waals surface area contributed by atoms with Crippen LogP contribution in [0, 0.1) is 0 Å². The molecule has 1 aliphatic heterocycles. The minimum Gasteiger partial charge on any atom is -0.357 e. The number of nitrogens with one attached hydrogen (secondary N) is 1. The molecule has 66 valence electrons. The fourth-order valence-corrected chi connectivity index (χ4v) is 3.24. The van der Waals surface area contributed by atoms with Gasteiger partial charge >= 0.3 is 0 Å². The smallest absolute Gasteiger partial charge is 0.0916 e. The summed E-state index contributed by atoms with van der Waals surface area (Å²) in [6.45, 7) is 0. The van der Waals surface area contributed by atoms with Crippen molar-refractivity contribution in [1.82, 2.24) is 4.98 Å². The van der Waals surface area contributed by atoms with Crippen LogP contribution in [0.5, 0.6) is 0 Å². The average Bonchev–Trinajstić information content (AvgIpc) is 2.43. The van der Waals surface area contributed by atoms with Crippen LogP contribution in [0.3, 0.4) is 0 Å². The molecule has 3 rings (SSSR count). The van der Waals surface area contributed by atoms with Crippen molar-refractivity contribution in [2.24, 2.45) is 0 Å². The first-order valence-corrected chi connectivity index (χ1v) is 6.34. The van der Waals surface area contributed by atoms with E-state index in [2.05, 4.69) is 35.3 Å². The molecule has 1 aromatic heterocycles. The normalized spacial score (nSPS) is 17.5. The third kappa shape index (κ3) is 1.27. The average molecular weight is 207 g/mol. The number of fused-ring (bicyclic) bond motifs is 1. The van der Waals surface area contributed by atoms with E-state index in [9.17, 15) is 0 Å². The molecule has 0 amide bonds. The van der Waals surface area contributed by atoms with E-state index >= 15 is 0 Å². The molecule has 0 saturated carbocycles. The molecule has 1 fully saturated rings. The lowest BCUT2D eigenvalue weighted by molar-refractivity contribution is 1.23. The van der Waals surface area contributed by atoms with Gasteiger partial charge in [-0.15, -0.1) is 23.5 Å². The van der Waals surface area contributed by atoms with Crippen LogP contribution in [0.2, 0.25) is 0 Å². The Balaban J connectivity index is 2.10. The molecule has 0 bridgehead atoms. The number of hydrogen-bond acceptors (Lipinski definition) is 2. The lowest BCUT2D eigenvalue weighted by Gasteiger charge is -2.22. The Morgan fingerprint density at radius 1 is 1.23 bits per heavy atom. The quantitative estimate of drug-likeness (QED) is 0.769. The molecule has 1 aromatic carbocycles.